The van der Waals surface area contributed by atoms with Crippen LogP contribution in [0.15, 0.2) is 41.6 Å². The average Bonchev–Trinajstić information content (AvgIpc) is 3.33. The first-order chi connectivity index (χ1) is 15.5. The minimum Gasteiger partial charge on any atom is -0.465 e. The predicted octanol–water partition coefficient (Wildman–Crippen LogP) is 1.36. The molecular weight excluding hydrogens is 450 g/mol. The Labute approximate surface area is 189 Å². The van der Waals surface area contributed by atoms with Crippen LogP contribution in [0, 0.1) is 13.8 Å². The number of anilines is 1. The summed E-state index contributed by atoms with van der Waals surface area (Å²) in [6.45, 7) is 3.39. The normalized spacial score (nSPS) is 18.6. The second-order valence-corrected chi connectivity index (χ2v) is 9.88. The maximum atomic E-state index is 13.1. The van der Waals surface area contributed by atoms with Crippen LogP contribution in [0.3, 0.4) is 0 Å². The summed E-state index contributed by atoms with van der Waals surface area (Å²) in [6, 6.07) is 5.40. The van der Waals surface area contributed by atoms with E-state index in [0.29, 0.717) is 11.1 Å². The lowest BCUT2D eigenvalue weighted by Crippen LogP contribution is -2.46. The van der Waals surface area contributed by atoms with Crippen molar-refractivity contribution < 1.29 is 28.2 Å². The molecule has 1 aliphatic heterocycles. The summed E-state index contributed by atoms with van der Waals surface area (Å²) in [7, 11) is -2.48. The molecule has 11 nitrogen and oxygen atoms in total. The summed E-state index contributed by atoms with van der Waals surface area (Å²) in [4.78, 5) is 35.2. The number of β-amino-alcohol motifs (C(OH)–C–C–N with tert-alkyl or cyclic N) is 1. The number of aromatic nitrogens is 3. The van der Waals surface area contributed by atoms with Crippen LogP contribution < -0.4 is 4.90 Å². The molecule has 2 aromatic heterocycles. The molecule has 0 bridgehead atoms. The lowest BCUT2D eigenvalue weighted by atomic mass is 10.2. The van der Waals surface area contributed by atoms with Crippen molar-refractivity contribution in [2.45, 2.75) is 37.3 Å². The summed E-state index contributed by atoms with van der Waals surface area (Å²) in [5, 5.41) is 19.1. The van der Waals surface area contributed by atoms with Gasteiger partial charge in [0.2, 0.25) is 0 Å². The zero-order valence-corrected chi connectivity index (χ0v) is 19.0. The third-order valence-corrected chi connectivity index (χ3v) is 7.36. The number of hydrogen-bond acceptors (Lipinski definition) is 7. The van der Waals surface area contributed by atoms with E-state index in [4.69, 9.17) is 0 Å². The van der Waals surface area contributed by atoms with Crippen LogP contribution in [0.4, 0.5) is 10.6 Å². The fourth-order valence-corrected chi connectivity index (χ4v) is 5.23. The third-order valence-electron chi connectivity index (χ3n) is 5.70. The van der Waals surface area contributed by atoms with Crippen molar-refractivity contribution in [3.63, 3.8) is 0 Å². The number of aryl methyl sites for hydroxylation is 2. The summed E-state index contributed by atoms with van der Waals surface area (Å²) in [5.74, 6) is -0.431. The highest BCUT2D eigenvalue weighted by molar-refractivity contribution is 7.90. The maximum absolute atomic E-state index is 13.1. The van der Waals surface area contributed by atoms with E-state index in [0.717, 1.165) is 19.3 Å². The van der Waals surface area contributed by atoms with Gasteiger partial charge in [0, 0.05) is 19.7 Å². The van der Waals surface area contributed by atoms with Crippen molar-refractivity contribution >= 4 is 39.0 Å². The number of nitrogens with zero attached hydrogens (tertiary/aromatic N) is 5. The van der Waals surface area contributed by atoms with Crippen LogP contribution >= 0.6 is 0 Å². The van der Waals surface area contributed by atoms with Crippen LogP contribution in [-0.4, -0.2) is 75.2 Å². The lowest BCUT2D eigenvalue weighted by molar-refractivity contribution is -0.122. The molecule has 2 atom stereocenters. The number of likely N-dealkylation sites (tertiary alicyclic amines) is 1. The molecule has 33 heavy (non-hydrogen) atoms. The van der Waals surface area contributed by atoms with Gasteiger partial charge in [-0.25, -0.2) is 27.2 Å². The first kappa shape index (κ1) is 22.7. The Morgan fingerprint density at radius 1 is 1.18 bits per heavy atom. The Morgan fingerprint density at radius 3 is 2.48 bits per heavy atom. The van der Waals surface area contributed by atoms with Crippen molar-refractivity contribution in [2.75, 3.05) is 18.5 Å². The summed E-state index contributed by atoms with van der Waals surface area (Å²) in [5.41, 5.74) is 1.88. The fraction of sp³-hybridized carbons (Fsp3) is 0.333. The molecule has 0 radical (unpaired) electrons. The quantitative estimate of drug-likeness (QED) is 0.578. The Bertz CT molecular complexity index is 1350. The molecule has 2 amide bonds. The molecule has 1 fully saturated rings. The zero-order chi connectivity index (χ0) is 24.1. The Hall–Kier alpha value is -3.51. The number of aliphatic hydroxyl groups excluding tert-OH is 1. The average molecular weight is 474 g/mol. The van der Waals surface area contributed by atoms with E-state index < -0.39 is 34.2 Å². The molecule has 0 aliphatic carbocycles. The van der Waals surface area contributed by atoms with Gasteiger partial charge in [0.1, 0.15) is 11.6 Å². The number of rotatable bonds is 4. The molecule has 0 saturated carbocycles. The van der Waals surface area contributed by atoms with Gasteiger partial charge >= 0.3 is 6.09 Å². The molecule has 0 spiro atoms. The second-order valence-electron chi connectivity index (χ2n) is 8.06. The molecule has 1 aliphatic rings. The number of carboxylic acid groups (broad SMARTS) is 1. The van der Waals surface area contributed by atoms with Gasteiger partial charge in [-0.1, -0.05) is 17.7 Å². The molecule has 174 valence electrons. The highest BCUT2D eigenvalue weighted by Gasteiger charge is 2.40. The summed E-state index contributed by atoms with van der Waals surface area (Å²) >= 11 is 0. The van der Waals surface area contributed by atoms with Gasteiger partial charge in [-0.15, -0.1) is 0 Å². The fourth-order valence-electron chi connectivity index (χ4n) is 3.86. The molecule has 3 heterocycles. The number of amides is 2. The number of carbonyl (C=O) groups excluding carboxylic acids is 1. The van der Waals surface area contributed by atoms with Crippen LogP contribution in [-0.2, 0) is 14.8 Å². The van der Waals surface area contributed by atoms with Gasteiger partial charge in [0.05, 0.1) is 23.7 Å². The Morgan fingerprint density at radius 2 is 1.85 bits per heavy atom. The molecule has 12 heteroatoms. The van der Waals surface area contributed by atoms with Crippen molar-refractivity contribution in [2.24, 2.45) is 0 Å². The molecular formula is C21H23N5O6S. The molecule has 3 aromatic rings. The number of hydrogen-bond donors (Lipinski definition) is 2. The topological polar surface area (TPSA) is 146 Å². The molecule has 4 rings (SSSR count). The Balaban J connectivity index is 1.70. The monoisotopic (exact) mass is 473 g/mol. The first-order valence-corrected chi connectivity index (χ1v) is 11.6. The van der Waals surface area contributed by atoms with Gasteiger partial charge < -0.3 is 10.2 Å². The maximum Gasteiger partial charge on any atom is 0.408 e. The van der Waals surface area contributed by atoms with Crippen molar-refractivity contribution in [3.8, 4) is 0 Å². The number of aliphatic hydroxyl groups is 1. The Kier molecular flexibility index (Phi) is 5.58. The predicted molar refractivity (Wildman–Crippen MR) is 119 cm³/mol. The first-order valence-electron chi connectivity index (χ1n) is 10.1. The molecule has 1 aromatic carbocycles. The number of fused-ring (bicyclic) bond motifs is 1. The van der Waals surface area contributed by atoms with Crippen molar-refractivity contribution in [1.82, 2.24) is 18.8 Å². The van der Waals surface area contributed by atoms with Crippen molar-refractivity contribution in [3.05, 3.63) is 47.8 Å². The molecule has 2 N–H and O–H groups in total. The zero-order valence-electron chi connectivity index (χ0n) is 18.2. The van der Waals surface area contributed by atoms with Crippen LogP contribution in [0.2, 0.25) is 0 Å². The number of benzene rings is 1. The van der Waals surface area contributed by atoms with Crippen molar-refractivity contribution in [1.29, 1.82) is 0 Å². The van der Waals surface area contributed by atoms with E-state index in [-0.39, 0.29) is 29.3 Å². The van der Waals surface area contributed by atoms with Gasteiger partial charge in [-0.3, -0.25) is 14.6 Å². The van der Waals surface area contributed by atoms with Crippen LogP contribution in [0.25, 0.3) is 11.2 Å². The van der Waals surface area contributed by atoms with E-state index in [2.05, 4.69) is 9.97 Å². The largest absolute Gasteiger partial charge is 0.465 e. The molecule has 2 unspecified atom stereocenters. The van der Waals surface area contributed by atoms with E-state index in [1.54, 1.807) is 19.1 Å². The third kappa shape index (κ3) is 3.91. The molecule has 1 saturated heterocycles. The second kappa shape index (κ2) is 8.12. The van der Waals surface area contributed by atoms with Gasteiger partial charge in [0.25, 0.3) is 15.9 Å². The number of carbonyl (C=O) groups is 2. The highest BCUT2D eigenvalue weighted by Crippen LogP contribution is 2.26. The van der Waals surface area contributed by atoms with E-state index in [1.165, 1.54) is 31.6 Å². The summed E-state index contributed by atoms with van der Waals surface area (Å²) in [6.07, 6.45) is 0.437. The van der Waals surface area contributed by atoms with E-state index in [1.807, 2.05) is 6.92 Å². The number of likely N-dealkylation sites (N-methyl/N-ethyl adjacent to an activating group) is 1. The van der Waals surface area contributed by atoms with E-state index in [9.17, 15) is 28.2 Å². The minimum atomic E-state index is -3.91. The lowest BCUT2D eigenvalue weighted by Gasteiger charge is -2.25. The smallest absolute Gasteiger partial charge is 0.408 e. The minimum absolute atomic E-state index is 0.0185. The van der Waals surface area contributed by atoms with Gasteiger partial charge in [-0.2, -0.15) is 0 Å². The van der Waals surface area contributed by atoms with Crippen LogP contribution in [0.1, 0.15) is 17.5 Å². The van der Waals surface area contributed by atoms with Gasteiger partial charge in [-0.05, 0) is 31.5 Å². The van der Waals surface area contributed by atoms with Gasteiger partial charge in [0.15, 0.2) is 11.5 Å². The van der Waals surface area contributed by atoms with E-state index >= 15 is 0 Å². The summed E-state index contributed by atoms with van der Waals surface area (Å²) < 4.78 is 27.4. The van der Waals surface area contributed by atoms with Crippen LogP contribution in [0.5, 0.6) is 0 Å². The SMILES string of the molecule is Cc1ccc(S(=O)(=O)n2cc(C)c3nc(N(C)C(=O)C4CC(O)CN4C(=O)O)cnc32)cc1. The highest BCUT2D eigenvalue weighted by atomic mass is 32.2. The standard InChI is InChI=1S/C21H23N5O6S/c1-12-4-6-15(7-5-12)33(31,32)26-10-13(2)18-19(26)22-9-17(23-18)24(3)20(28)16-8-14(27)11-25(16)21(29)30/h4-7,9-10,14,16,27H,8,11H2,1-3H3,(H,29,30).